The maximum atomic E-state index is 10.5. The number of hydrogen-bond donors (Lipinski definition) is 2. The number of rotatable bonds is 4. The van der Waals surface area contributed by atoms with E-state index in [1.807, 2.05) is 0 Å². The predicted octanol–water partition coefficient (Wildman–Crippen LogP) is 0.0164. The lowest BCUT2D eigenvalue weighted by molar-refractivity contribution is -0.135. The Hall–Kier alpha value is -2.44. The molecular formula is C10H12O7. The van der Waals surface area contributed by atoms with Crippen LogP contribution in [-0.2, 0) is 23.9 Å². The smallest absolute Gasteiger partial charge is 0.330 e. The van der Waals surface area contributed by atoms with Gasteiger partial charge in [-0.3, -0.25) is 4.79 Å². The Balaban J connectivity index is 0. The van der Waals surface area contributed by atoms with E-state index in [2.05, 4.69) is 4.74 Å². The Labute approximate surface area is 101 Å². The molecule has 0 aliphatic heterocycles. The summed E-state index contributed by atoms with van der Waals surface area (Å²) in [5.41, 5.74) is 0. The van der Waals surface area contributed by atoms with E-state index in [4.69, 9.17) is 14.3 Å². The van der Waals surface area contributed by atoms with Gasteiger partial charge in [0.25, 0.3) is 0 Å². The highest BCUT2D eigenvalue weighted by Crippen LogP contribution is 1.78. The van der Waals surface area contributed by atoms with E-state index >= 15 is 0 Å². The lowest BCUT2D eigenvalue weighted by Gasteiger charge is -1.85. The Kier molecular flexibility index (Phi) is 6.56. The number of hydrogen-bond acceptors (Lipinski definition) is 5. The lowest BCUT2D eigenvalue weighted by atomic mass is 10.4. The average molecular weight is 247 g/mol. The Morgan fingerprint density at radius 1 is 1.00 bits per heavy atom. The third kappa shape index (κ3) is 19.8. The van der Waals surface area contributed by atoms with Gasteiger partial charge >= 0.3 is 17.9 Å². The molecule has 0 fully saturated rings. The highest BCUT2D eigenvalue weighted by molar-refractivity contribution is 5.94. The lowest BCUT2D eigenvalue weighted by Crippen LogP contribution is -1.95. The molecule has 0 aromatic rings. The molecule has 0 aromatic heterocycles. The molecule has 0 unspecified atom stereocenters. The first-order valence-electron chi connectivity index (χ1n) is 5.49. The molecule has 0 heterocycles. The third-order valence-corrected chi connectivity index (χ3v) is 0.923. The molecule has 94 valence electrons. The predicted molar refractivity (Wildman–Crippen MR) is 56.2 cm³/mol. The van der Waals surface area contributed by atoms with Crippen LogP contribution in [0.3, 0.4) is 0 Å². The number of ketones is 1. The van der Waals surface area contributed by atoms with E-state index < -0.39 is 24.9 Å². The topological polar surface area (TPSA) is 118 Å². The van der Waals surface area contributed by atoms with E-state index in [-0.39, 0.29) is 5.78 Å². The van der Waals surface area contributed by atoms with Gasteiger partial charge in [0.1, 0.15) is 0 Å². The molecule has 0 rings (SSSR count). The minimum absolute atomic E-state index is 0.350. The summed E-state index contributed by atoms with van der Waals surface area (Å²) in [6.07, 6.45) is 2.83. The standard InChI is InChI=1S/C6H8O3.C4H4O4/c1-5(7)3-4-6(8)9-2;5-3(6)1-2-4(7)8/h3-4H,1-2H3;1-2H,(H,5,6)(H,7,8)/b4-3+;2-1+/i2D3;. The Morgan fingerprint density at radius 3 is 1.76 bits per heavy atom. The number of carbonyl (C=O) groups is 4. The van der Waals surface area contributed by atoms with Gasteiger partial charge in [0.05, 0.1) is 11.2 Å². The number of carboxylic acid groups (broad SMARTS) is 2. The fourth-order valence-electron chi connectivity index (χ4n) is 0.362. The van der Waals surface area contributed by atoms with Gasteiger partial charge in [-0.15, -0.1) is 0 Å². The molecule has 0 aliphatic rings. The van der Waals surface area contributed by atoms with Crippen LogP contribution in [0.5, 0.6) is 0 Å². The van der Waals surface area contributed by atoms with Crippen molar-refractivity contribution in [1.82, 2.24) is 0 Å². The van der Waals surface area contributed by atoms with E-state index in [1.165, 1.54) is 6.92 Å². The minimum atomic E-state index is -2.75. The second-order valence-electron chi connectivity index (χ2n) is 2.37. The summed E-state index contributed by atoms with van der Waals surface area (Å²) < 4.78 is 23.5. The van der Waals surface area contributed by atoms with Gasteiger partial charge in [-0.25, -0.2) is 14.4 Å². The fraction of sp³-hybridized carbons (Fsp3) is 0.200. The second kappa shape index (κ2) is 10.1. The van der Waals surface area contributed by atoms with E-state index in [0.29, 0.717) is 12.2 Å². The normalized spacial score (nSPS) is 12.9. The largest absolute Gasteiger partial charge is 0.478 e. The van der Waals surface area contributed by atoms with Crippen molar-refractivity contribution in [2.45, 2.75) is 6.92 Å². The van der Waals surface area contributed by atoms with E-state index in [1.54, 1.807) is 0 Å². The number of allylic oxidation sites excluding steroid dienone is 1. The molecule has 17 heavy (non-hydrogen) atoms. The van der Waals surface area contributed by atoms with Gasteiger partial charge in [-0.2, -0.15) is 0 Å². The first kappa shape index (κ1) is 11.1. The van der Waals surface area contributed by atoms with Gasteiger partial charge in [-0.1, -0.05) is 0 Å². The van der Waals surface area contributed by atoms with Crippen molar-refractivity contribution in [3.05, 3.63) is 24.3 Å². The highest BCUT2D eigenvalue weighted by atomic mass is 16.5. The molecule has 0 atom stereocenters. The van der Waals surface area contributed by atoms with Crippen LogP contribution in [0, 0.1) is 0 Å². The molecule has 0 aliphatic carbocycles. The molecule has 2 N–H and O–H groups in total. The van der Waals surface area contributed by atoms with Crippen LogP contribution in [-0.4, -0.2) is 40.9 Å². The number of methoxy groups -OCH3 is 1. The van der Waals surface area contributed by atoms with Crippen LogP contribution in [0.25, 0.3) is 0 Å². The van der Waals surface area contributed by atoms with Crippen LogP contribution in [0.2, 0.25) is 0 Å². The molecule has 0 aromatic carbocycles. The Morgan fingerprint density at radius 2 is 1.47 bits per heavy atom. The van der Waals surface area contributed by atoms with Gasteiger partial charge in [0.15, 0.2) is 5.78 Å². The number of esters is 1. The summed E-state index contributed by atoms with van der Waals surface area (Å²) in [6.45, 7) is 1.24. The number of ether oxygens (including phenoxy) is 1. The van der Waals surface area contributed by atoms with Crippen LogP contribution >= 0.6 is 0 Å². The highest BCUT2D eigenvalue weighted by Gasteiger charge is 1.90. The van der Waals surface area contributed by atoms with Gasteiger partial charge in [-0.05, 0) is 13.0 Å². The summed E-state index contributed by atoms with van der Waals surface area (Å²) in [6, 6.07) is 0. The zero-order chi connectivity index (χ0) is 16.3. The summed E-state index contributed by atoms with van der Waals surface area (Å²) >= 11 is 0. The second-order valence-corrected chi connectivity index (χ2v) is 2.37. The Bertz CT molecular complexity index is 419. The molecule has 0 radical (unpaired) electrons. The number of aliphatic carboxylic acids is 2. The van der Waals surface area contributed by atoms with Crippen molar-refractivity contribution in [1.29, 1.82) is 0 Å². The third-order valence-electron chi connectivity index (χ3n) is 0.923. The van der Waals surface area contributed by atoms with Crippen molar-refractivity contribution in [3.8, 4) is 0 Å². The monoisotopic (exact) mass is 247 g/mol. The van der Waals surface area contributed by atoms with Gasteiger partial charge in [0.2, 0.25) is 0 Å². The summed E-state index contributed by atoms with van der Waals surface area (Å²) in [4.78, 5) is 39.9. The van der Waals surface area contributed by atoms with Crippen LogP contribution in [0.4, 0.5) is 0 Å². The molecule has 0 bridgehead atoms. The quantitative estimate of drug-likeness (QED) is 0.530. The summed E-state index contributed by atoms with van der Waals surface area (Å²) in [5.74, 6) is -3.91. The van der Waals surface area contributed by atoms with E-state index in [9.17, 15) is 19.2 Å². The van der Waals surface area contributed by atoms with Gasteiger partial charge < -0.3 is 14.9 Å². The van der Waals surface area contributed by atoms with Crippen LogP contribution in [0.1, 0.15) is 11.0 Å². The number of carboxylic acids is 2. The van der Waals surface area contributed by atoms with Crippen LogP contribution in [0.15, 0.2) is 24.3 Å². The van der Waals surface area contributed by atoms with Gasteiger partial charge in [0, 0.05) is 18.2 Å². The van der Waals surface area contributed by atoms with Crippen molar-refractivity contribution in [3.63, 3.8) is 0 Å². The van der Waals surface area contributed by atoms with E-state index in [0.717, 1.165) is 12.2 Å². The maximum Gasteiger partial charge on any atom is 0.330 e. The molecular weight excluding hydrogens is 232 g/mol. The molecule has 0 spiro atoms. The first-order valence-corrected chi connectivity index (χ1v) is 3.99. The van der Waals surface area contributed by atoms with Crippen molar-refractivity contribution in [2.75, 3.05) is 7.04 Å². The zero-order valence-electron chi connectivity index (χ0n) is 11.7. The molecule has 7 nitrogen and oxygen atoms in total. The molecule has 0 saturated heterocycles. The zero-order valence-corrected chi connectivity index (χ0v) is 8.75. The average Bonchev–Trinajstić information content (AvgIpc) is 2.22. The first-order chi connectivity index (χ1) is 8.94. The van der Waals surface area contributed by atoms with Crippen molar-refractivity contribution >= 4 is 23.7 Å². The molecule has 0 amide bonds. The van der Waals surface area contributed by atoms with Crippen molar-refractivity contribution in [2.24, 2.45) is 0 Å². The summed E-state index contributed by atoms with van der Waals surface area (Å²) in [7, 11) is -2.75. The van der Waals surface area contributed by atoms with Crippen LogP contribution < -0.4 is 0 Å². The summed E-state index contributed by atoms with van der Waals surface area (Å²) in [5, 5.41) is 15.6. The fourth-order valence-corrected chi connectivity index (χ4v) is 0.362. The SMILES string of the molecule is O=C(O)/C=C/C(=O)O.[2H]C([2H])([2H])OC(=O)/C=C/C(C)=O. The maximum absolute atomic E-state index is 10.5. The molecule has 0 saturated carbocycles. The van der Waals surface area contributed by atoms with Crippen molar-refractivity contribution < 1.29 is 38.2 Å². The molecule has 7 heteroatoms. The minimum Gasteiger partial charge on any atom is -0.478 e. The number of carbonyl (C=O) groups excluding carboxylic acids is 2.